The molecule has 0 fully saturated rings. The van der Waals surface area contributed by atoms with Crippen LogP contribution in [-0.4, -0.2) is 18.1 Å². The number of guanidine groups is 1. The monoisotopic (exact) mass is 440 g/mol. The van der Waals surface area contributed by atoms with E-state index in [0.717, 1.165) is 24.1 Å². The van der Waals surface area contributed by atoms with Gasteiger partial charge in [0.1, 0.15) is 0 Å². The molecule has 0 aliphatic heterocycles. The van der Waals surface area contributed by atoms with E-state index in [0.29, 0.717) is 18.4 Å². The molecule has 0 saturated heterocycles. The number of aliphatic imine (C=N–C) groups is 1. The van der Waals surface area contributed by atoms with Crippen LogP contribution in [0, 0.1) is 0 Å². The van der Waals surface area contributed by atoms with Gasteiger partial charge in [-0.15, -0.1) is 24.0 Å². The number of halogens is 1. The number of nitrogens with one attached hydrogen (secondary N) is 1. The minimum absolute atomic E-state index is 0. The molecule has 2 aromatic rings. The van der Waals surface area contributed by atoms with Crippen LogP contribution in [0.4, 0.5) is 5.69 Å². The zero-order valence-corrected chi connectivity index (χ0v) is 16.7. The van der Waals surface area contributed by atoms with Crippen molar-refractivity contribution in [3.05, 3.63) is 53.2 Å². The van der Waals surface area contributed by atoms with Gasteiger partial charge in [-0.05, 0) is 35.6 Å². The van der Waals surface area contributed by atoms with Gasteiger partial charge < -0.3 is 15.8 Å². The molecule has 0 radical (unpaired) electrons. The van der Waals surface area contributed by atoms with Crippen molar-refractivity contribution < 1.29 is 4.74 Å². The molecule has 0 aliphatic rings. The number of rotatable bonds is 6. The zero-order valence-electron chi connectivity index (χ0n) is 14.4. The lowest BCUT2D eigenvalue weighted by Gasteiger charge is -2.14. The first kappa shape index (κ1) is 20.2. The Balaban J connectivity index is 0.00000288. The maximum absolute atomic E-state index is 6.06. The number of aryl methyl sites for hydroxylation is 2. The number of benzene rings is 1. The highest BCUT2D eigenvalue weighted by Crippen LogP contribution is 2.22. The van der Waals surface area contributed by atoms with Crippen LogP contribution in [0.25, 0.3) is 0 Å². The summed E-state index contributed by atoms with van der Waals surface area (Å²) in [6.45, 7) is 4.75. The van der Waals surface area contributed by atoms with Crippen LogP contribution >= 0.6 is 24.0 Å². The van der Waals surface area contributed by atoms with E-state index in [1.165, 1.54) is 11.1 Å². The Kier molecular flexibility index (Phi) is 8.53. The predicted molar refractivity (Wildman–Crippen MR) is 110 cm³/mol. The first-order valence-electron chi connectivity index (χ1n) is 7.84. The third-order valence-corrected chi connectivity index (χ3v) is 3.69. The summed E-state index contributed by atoms with van der Waals surface area (Å²) in [5.74, 6) is 0.991. The van der Waals surface area contributed by atoms with Gasteiger partial charge in [0.2, 0.25) is 5.88 Å². The average Bonchev–Trinajstić information content (AvgIpc) is 2.60. The maximum Gasteiger partial charge on any atom is 0.213 e. The molecule has 0 saturated carbocycles. The maximum atomic E-state index is 6.06. The fourth-order valence-corrected chi connectivity index (χ4v) is 2.41. The van der Waals surface area contributed by atoms with Gasteiger partial charge in [-0.3, -0.25) is 0 Å². The van der Waals surface area contributed by atoms with E-state index in [1.807, 2.05) is 12.1 Å². The van der Waals surface area contributed by atoms with Crippen molar-refractivity contribution in [2.45, 2.75) is 33.2 Å². The van der Waals surface area contributed by atoms with Gasteiger partial charge in [-0.2, -0.15) is 0 Å². The number of nitrogens with two attached hydrogens (primary N) is 1. The Labute approximate surface area is 160 Å². The second kappa shape index (κ2) is 10.1. The van der Waals surface area contributed by atoms with Crippen molar-refractivity contribution in [2.24, 2.45) is 10.7 Å². The van der Waals surface area contributed by atoms with E-state index in [4.69, 9.17) is 10.5 Å². The summed E-state index contributed by atoms with van der Waals surface area (Å²) >= 11 is 0. The van der Waals surface area contributed by atoms with Crippen LogP contribution in [0.2, 0.25) is 0 Å². The highest BCUT2D eigenvalue weighted by molar-refractivity contribution is 14.0. The van der Waals surface area contributed by atoms with E-state index in [2.05, 4.69) is 47.3 Å². The Morgan fingerprint density at radius 1 is 1.21 bits per heavy atom. The minimum atomic E-state index is 0. The number of anilines is 1. The molecule has 130 valence electrons. The first-order valence-corrected chi connectivity index (χ1v) is 7.84. The molecule has 24 heavy (non-hydrogen) atoms. The van der Waals surface area contributed by atoms with Gasteiger partial charge in [0, 0.05) is 18.0 Å². The Morgan fingerprint density at radius 2 is 1.88 bits per heavy atom. The summed E-state index contributed by atoms with van der Waals surface area (Å²) in [5.41, 5.74) is 10.6. The number of pyridine rings is 1. The molecule has 5 nitrogen and oxygen atoms in total. The molecule has 1 aromatic heterocycles. The summed E-state index contributed by atoms with van der Waals surface area (Å²) in [5, 5.41) is 3.26. The molecule has 1 heterocycles. The third kappa shape index (κ3) is 5.36. The zero-order chi connectivity index (χ0) is 16.7. The average molecular weight is 440 g/mol. The first-order chi connectivity index (χ1) is 11.2. The lowest BCUT2D eigenvalue weighted by molar-refractivity contribution is 0.397. The molecule has 0 aliphatic carbocycles. The molecule has 0 bridgehead atoms. The van der Waals surface area contributed by atoms with Crippen LogP contribution in [0.15, 0.2) is 41.5 Å². The number of para-hydroxylation sites is 1. The topological polar surface area (TPSA) is 72.5 Å². The summed E-state index contributed by atoms with van der Waals surface area (Å²) in [6.07, 6.45) is 3.60. The van der Waals surface area contributed by atoms with Gasteiger partial charge in [-0.25, -0.2) is 9.98 Å². The van der Waals surface area contributed by atoms with Gasteiger partial charge in [0.05, 0.1) is 13.7 Å². The normalized spacial score (nSPS) is 10.9. The van der Waals surface area contributed by atoms with Crippen molar-refractivity contribution >= 4 is 35.6 Å². The molecular weight excluding hydrogens is 415 g/mol. The van der Waals surface area contributed by atoms with E-state index >= 15 is 0 Å². The highest BCUT2D eigenvalue weighted by atomic mass is 127. The second-order valence-electron chi connectivity index (χ2n) is 5.19. The van der Waals surface area contributed by atoms with E-state index in [1.54, 1.807) is 13.3 Å². The van der Waals surface area contributed by atoms with Gasteiger partial charge in [0.15, 0.2) is 5.96 Å². The number of ether oxygens (including phenoxy) is 1. The highest BCUT2D eigenvalue weighted by Gasteiger charge is 2.07. The van der Waals surface area contributed by atoms with Crippen molar-refractivity contribution in [1.82, 2.24) is 4.98 Å². The fourth-order valence-electron chi connectivity index (χ4n) is 2.41. The summed E-state index contributed by atoms with van der Waals surface area (Å²) in [4.78, 5) is 8.50. The van der Waals surface area contributed by atoms with E-state index in [9.17, 15) is 0 Å². The molecular formula is C18H25IN4O. The summed E-state index contributed by atoms with van der Waals surface area (Å²) in [6, 6.07) is 10.1. The van der Waals surface area contributed by atoms with Gasteiger partial charge >= 0.3 is 0 Å². The van der Waals surface area contributed by atoms with Crippen LogP contribution in [0.5, 0.6) is 5.88 Å². The molecule has 3 N–H and O–H groups in total. The molecule has 2 rings (SSSR count). The molecule has 0 unspecified atom stereocenters. The van der Waals surface area contributed by atoms with Crippen molar-refractivity contribution in [1.29, 1.82) is 0 Å². The van der Waals surface area contributed by atoms with Crippen molar-refractivity contribution in [3.8, 4) is 5.88 Å². The molecule has 0 amide bonds. The number of hydrogen-bond acceptors (Lipinski definition) is 3. The third-order valence-electron chi connectivity index (χ3n) is 3.69. The van der Waals surface area contributed by atoms with Crippen LogP contribution in [-0.2, 0) is 19.4 Å². The molecule has 6 heteroatoms. The summed E-state index contributed by atoms with van der Waals surface area (Å²) in [7, 11) is 1.60. The van der Waals surface area contributed by atoms with Crippen LogP contribution in [0.1, 0.15) is 30.5 Å². The number of nitrogens with zero attached hydrogens (tertiary/aromatic N) is 2. The standard InChI is InChI=1S/C18H24N4O.HI/c1-4-14-7-6-8-15(5-2)17(14)22-18(19)21-12-13-9-10-20-16(11-13)23-3;/h6-11H,4-5,12H2,1-3H3,(H3,19,21,22);1H. The largest absolute Gasteiger partial charge is 0.481 e. The molecule has 0 spiro atoms. The minimum Gasteiger partial charge on any atom is -0.481 e. The lowest BCUT2D eigenvalue weighted by Crippen LogP contribution is -2.24. The Morgan fingerprint density at radius 3 is 2.46 bits per heavy atom. The van der Waals surface area contributed by atoms with Crippen molar-refractivity contribution in [2.75, 3.05) is 12.4 Å². The van der Waals surface area contributed by atoms with Gasteiger partial charge in [0.25, 0.3) is 0 Å². The smallest absolute Gasteiger partial charge is 0.213 e. The van der Waals surface area contributed by atoms with E-state index in [-0.39, 0.29) is 24.0 Å². The van der Waals surface area contributed by atoms with Crippen LogP contribution in [0.3, 0.4) is 0 Å². The van der Waals surface area contributed by atoms with Gasteiger partial charge in [-0.1, -0.05) is 32.0 Å². The molecule has 0 atom stereocenters. The Hall–Kier alpha value is -1.83. The number of methoxy groups -OCH3 is 1. The number of hydrogen-bond donors (Lipinski definition) is 2. The fraction of sp³-hybridized carbons (Fsp3) is 0.333. The number of aromatic nitrogens is 1. The lowest BCUT2D eigenvalue weighted by atomic mass is 10.0. The van der Waals surface area contributed by atoms with Crippen molar-refractivity contribution in [3.63, 3.8) is 0 Å². The Bertz CT molecular complexity index is 666. The predicted octanol–water partition coefficient (Wildman–Crippen LogP) is 3.76. The molecule has 1 aromatic carbocycles. The van der Waals surface area contributed by atoms with Crippen LogP contribution < -0.4 is 15.8 Å². The second-order valence-corrected chi connectivity index (χ2v) is 5.19. The quantitative estimate of drug-likeness (QED) is 0.408. The summed E-state index contributed by atoms with van der Waals surface area (Å²) < 4.78 is 5.11. The SMILES string of the molecule is CCc1cccc(CC)c1NC(N)=NCc1ccnc(OC)c1.I. The van der Waals surface area contributed by atoms with E-state index < -0.39 is 0 Å².